The van der Waals surface area contributed by atoms with Crippen LogP contribution in [0.25, 0.3) is 16.0 Å². The molecule has 1 aliphatic rings. The molecule has 4 aromatic rings. The molecule has 1 saturated heterocycles. The van der Waals surface area contributed by atoms with E-state index < -0.39 is 0 Å². The number of fused-ring (bicyclic) bond motifs is 3. The molecule has 0 atom stereocenters. The predicted molar refractivity (Wildman–Crippen MR) is 133 cm³/mol. The van der Waals surface area contributed by atoms with E-state index in [0.29, 0.717) is 48.8 Å². The fraction of sp³-hybridized carbons (Fsp3) is 0.417. The summed E-state index contributed by atoms with van der Waals surface area (Å²) in [5, 5.41) is 10.6. The first-order chi connectivity index (χ1) is 16.6. The number of carbonyl (C=O) groups excluding carboxylic acids is 1. The van der Waals surface area contributed by atoms with Crippen molar-refractivity contribution in [2.24, 2.45) is 0 Å². The monoisotopic (exact) mass is 480 g/mol. The second kappa shape index (κ2) is 9.46. The number of piperazine rings is 1. The molecule has 0 saturated carbocycles. The third kappa shape index (κ3) is 4.02. The minimum absolute atomic E-state index is 0.0240. The first-order valence-electron chi connectivity index (χ1n) is 11.6. The minimum atomic E-state index is -0.0240. The zero-order chi connectivity index (χ0) is 23.7. The molecule has 9 nitrogen and oxygen atoms in total. The summed E-state index contributed by atoms with van der Waals surface area (Å²) in [6.45, 7) is 5.60. The van der Waals surface area contributed by atoms with Crippen LogP contribution in [0, 0.1) is 0 Å². The topological polar surface area (TPSA) is 85.0 Å². The molecule has 5 rings (SSSR count). The van der Waals surface area contributed by atoms with Gasteiger partial charge in [0.15, 0.2) is 0 Å². The maximum Gasteiger partial charge on any atom is 0.272 e. The molecule has 3 aromatic heterocycles. The number of benzene rings is 1. The van der Waals surface area contributed by atoms with Crippen LogP contribution in [0.3, 0.4) is 0 Å². The van der Waals surface area contributed by atoms with Gasteiger partial charge in [-0.3, -0.25) is 18.6 Å². The minimum Gasteiger partial charge on any atom is -0.497 e. The third-order valence-corrected chi connectivity index (χ3v) is 7.25. The molecule has 10 heteroatoms. The Hall–Kier alpha value is -3.40. The first-order valence-corrected chi connectivity index (χ1v) is 12.5. The number of thiophene rings is 1. The van der Waals surface area contributed by atoms with Crippen LogP contribution in [0.4, 0.5) is 5.69 Å². The molecule has 0 radical (unpaired) electrons. The molecule has 0 N–H and O–H groups in total. The van der Waals surface area contributed by atoms with Crippen LogP contribution in [-0.2, 0) is 17.8 Å². The maximum atomic E-state index is 13.0. The Balaban J connectivity index is 1.27. The van der Waals surface area contributed by atoms with Gasteiger partial charge in [0.2, 0.25) is 11.7 Å². The van der Waals surface area contributed by atoms with Crippen LogP contribution >= 0.6 is 11.3 Å². The highest BCUT2D eigenvalue weighted by Crippen LogP contribution is 2.22. The number of amides is 1. The molecule has 0 aliphatic carbocycles. The highest BCUT2D eigenvalue weighted by molar-refractivity contribution is 7.17. The Labute approximate surface area is 201 Å². The van der Waals surface area contributed by atoms with Gasteiger partial charge in [0.25, 0.3) is 5.56 Å². The standard InChI is InChI=1S/C24H28N6O3S/c1-3-11-29-23(32)22-19(10-16-34-22)30-20(25-26-24(29)30)8-9-21(31)28-14-12-27(13-15-28)17-4-6-18(33-2)7-5-17/h4-7,10,16H,3,8-9,11-15H2,1-2H3. The Bertz CT molecular complexity index is 1370. The van der Waals surface area contributed by atoms with Crippen molar-refractivity contribution in [2.45, 2.75) is 32.7 Å². The van der Waals surface area contributed by atoms with E-state index >= 15 is 0 Å². The molecule has 1 aromatic carbocycles. The van der Waals surface area contributed by atoms with Crippen molar-refractivity contribution in [3.8, 4) is 5.75 Å². The molecule has 178 valence electrons. The summed E-state index contributed by atoms with van der Waals surface area (Å²) >= 11 is 1.43. The summed E-state index contributed by atoms with van der Waals surface area (Å²) in [4.78, 5) is 30.0. The van der Waals surface area contributed by atoms with E-state index in [1.54, 1.807) is 11.7 Å². The van der Waals surface area contributed by atoms with Gasteiger partial charge in [-0.25, -0.2) is 0 Å². The lowest BCUT2D eigenvalue weighted by atomic mass is 10.2. The number of aryl methyl sites for hydroxylation is 2. The number of anilines is 1. The average Bonchev–Trinajstić information content (AvgIpc) is 3.52. The van der Waals surface area contributed by atoms with Crippen LogP contribution < -0.4 is 15.2 Å². The van der Waals surface area contributed by atoms with Crippen LogP contribution in [-0.4, -0.2) is 63.3 Å². The largest absolute Gasteiger partial charge is 0.497 e. The normalized spacial score (nSPS) is 14.3. The molecular formula is C24H28N6O3S. The summed E-state index contributed by atoms with van der Waals surface area (Å²) in [5.74, 6) is 2.22. The fourth-order valence-corrected chi connectivity index (χ4v) is 5.38. The molecular weight excluding hydrogens is 452 g/mol. The summed E-state index contributed by atoms with van der Waals surface area (Å²) in [6.07, 6.45) is 1.67. The molecule has 1 fully saturated rings. The molecule has 34 heavy (non-hydrogen) atoms. The predicted octanol–water partition coefficient (Wildman–Crippen LogP) is 2.81. The number of aromatic nitrogens is 4. The highest BCUT2D eigenvalue weighted by Gasteiger charge is 2.23. The van der Waals surface area contributed by atoms with E-state index in [4.69, 9.17) is 4.74 Å². The Morgan fingerprint density at radius 3 is 2.56 bits per heavy atom. The molecule has 1 aliphatic heterocycles. The molecule has 0 spiro atoms. The van der Waals surface area contributed by atoms with Gasteiger partial charge in [0.05, 0.1) is 12.6 Å². The highest BCUT2D eigenvalue weighted by atomic mass is 32.1. The van der Waals surface area contributed by atoms with Crippen molar-refractivity contribution in [1.29, 1.82) is 0 Å². The number of hydrogen-bond donors (Lipinski definition) is 0. The van der Waals surface area contributed by atoms with E-state index in [-0.39, 0.29) is 11.5 Å². The smallest absolute Gasteiger partial charge is 0.272 e. The Kier molecular flexibility index (Phi) is 6.23. The van der Waals surface area contributed by atoms with Crippen molar-refractivity contribution in [2.75, 3.05) is 38.2 Å². The number of nitrogens with zero attached hydrogens (tertiary/aromatic N) is 6. The zero-order valence-electron chi connectivity index (χ0n) is 19.4. The Morgan fingerprint density at radius 1 is 1.09 bits per heavy atom. The van der Waals surface area contributed by atoms with Crippen LogP contribution in [0.2, 0.25) is 0 Å². The van der Waals surface area contributed by atoms with Crippen LogP contribution in [0.15, 0.2) is 40.5 Å². The van der Waals surface area contributed by atoms with E-state index in [2.05, 4.69) is 27.2 Å². The number of methoxy groups -OCH3 is 1. The Morgan fingerprint density at radius 2 is 1.85 bits per heavy atom. The van der Waals surface area contributed by atoms with Crippen molar-refractivity contribution < 1.29 is 9.53 Å². The fourth-order valence-electron chi connectivity index (χ4n) is 4.55. The third-order valence-electron chi connectivity index (χ3n) is 6.36. The van der Waals surface area contributed by atoms with Gasteiger partial charge in [0.1, 0.15) is 16.3 Å². The van der Waals surface area contributed by atoms with Crippen molar-refractivity contribution in [3.05, 3.63) is 51.9 Å². The number of rotatable bonds is 7. The number of carbonyl (C=O) groups is 1. The quantitative estimate of drug-likeness (QED) is 0.404. The summed E-state index contributed by atoms with van der Waals surface area (Å²) < 4.78 is 9.56. The van der Waals surface area contributed by atoms with Gasteiger partial charge in [-0.2, -0.15) is 0 Å². The van der Waals surface area contributed by atoms with Gasteiger partial charge in [-0.05, 0) is 42.1 Å². The zero-order valence-corrected chi connectivity index (χ0v) is 20.3. The van der Waals surface area contributed by atoms with E-state index in [1.807, 2.05) is 39.8 Å². The SMILES string of the molecule is CCCn1c(=O)c2sccc2n2c(CCC(=O)N3CCN(c4ccc(OC)cc4)CC3)nnc12. The molecule has 4 heterocycles. The van der Waals surface area contributed by atoms with Gasteiger partial charge in [-0.1, -0.05) is 6.92 Å². The summed E-state index contributed by atoms with van der Waals surface area (Å²) in [7, 11) is 1.66. The van der Waals surface area contributed by atoms with Gasteiger partial charge in [0, 0.05) is 51.3 Å². The van der Waals surface area contributed by atoms with Crippen LogP contribution in [0.1, 0.15) is 25.6 Å². The van der Waals surface area contributed by atoms with Gasteiger partial charge >= 0.3 is 0 Å². The maximum absolute atomic E-state index is 13.0. The molecule has 1 amide bonds. The van der Waals surface area contributed by atoms with E-state index in [9.17, 15) is 9.59 Å². The summed E-state index contributed by atoms with van der Waals surface area (Å²) in [6, 6.07) is 9.95. The van der Waals surface area contributed by atoms with E-state index in [0.717, 1.165) is 36.5 Å². The number of hydrogen-bond acceptors (Lipinski definition) is 7. The van der Waals surface area contributed by atoms with Gasteiger partial charge < -0.3 is 14.5 Å². The lowest BCUT2D eigenvalue weighted by Gasteiger charge is -2.36. The van der Waals surface area contributed by atoms with Crippen LogP contribution in [0.5, 0.6) is 5.75 Å². The van der Waals surface area contributed by atoms with Crippen molar-refractivity contribution in [3.63, 3.8) is 0 Å². The molecule has 0 unspecified atom stereocenters. The second-order valence-electron chi connectivity index (χ2n) is 8.41. The first kappa shape index (κ1) is 22.4. The van der Waals surface area contributed by atoms with Crippen molar-refractivity contribution in [1.82, 2.24) is 24.1 Å². The van der Waals surface area contributed by atoms with Crippen molar-refractivity contribution >= 4 is 38.9 Å². The van der Waals surface area contributed by atoms with E-state index in [1.165, 1.54) is 11.3 Å². The average molecular weight is 481 g/mol. The van der Waals surface area contributed by atoms with Gasteiger partial charge in [-0.15, -0.1) is 21.5 Å². The lowest BCUT2D eigenvalue weighted by molar-refractivity contribution is -0.131. The second-order valence-corrected chi connectivity index (χ2v) is 9.33. The molecule has 0 bridgehead atoms. The number of ether oxygens (including phenoxy) is 1. The summed E-state index contributed by atoms with van der Waals surface area (Å²) in [5.41, 5.74) is 1.93. The lowest BCUT2D eigenvalue weighted by Crippen LogP contribution is -2.48.